The molecule has 1 aromatic heterocycles. The lowest BCUT2D eigenvalue weighted by Crippen LogP contribution is -2.35. The molecule has 1 heterocycles. The van der Waals surface area contributed by atoms with Gasteiger partial charge in [-0.3, -0.25) is 4.57 Å². The molecule has 2 N–H and O–H groups in total. The van der Waals surface area contributed by atoms with Gasteiger partial charge in [-0.2, -0.15) is 18.3 Å². The van der Waals surface area contributed by atoms with E-state index < -0.39 is 24.5 Å². The van der Waals surface area contributed by atoms with Gasteiger partial charge in [-0.05, 0) is 0 Å². The number of aromatic nitrogens is 3. The zero-order valence-corrected chi connectivity index (χ0v) is 6.25. The molecule has 0 aliphatic carbocycles. The minimum Gasteiger partial charge on any atom is -0.382 e. The Morgan fingerprint density at radius 2 is 2.31 bits per heavy atom. The van der Waals surface area contributed by atoms with Crippen LogP contribution in [0, 0.1) is 0 Å². The Morgan fingerprint density at radius 1 is 1.69 bits per heavy atom. The molecule has 0 aromatic carbocycles. The minimum atomic E-state index is -4.73. The maximum atomic E-state index is 11.8. The molecule has 0 bridgehead atoms. The second-order valence-electron chi connectivity index (χ2n) is 2.37. The summed E-state index contributed by atoms with van der Waals surface area (Å²) in [5, 5.41) is 13.7. The van der Waals surface area contributed by atoms with Gasteiger partial charge in [0.1, 0.15) is 6.33 Å². The average Bonchev–Trinajstić information content (AvgIpc) is 2.34. The topological polar surface area (TPSA) is 70.9 Å². The Bertz CT molecular complexity index is 328. The number of rotatable bonds is 2. The maximum absolute atomic E-state index is 11.8. The highest BCUT2D eigenvalue weighted by Crippen LogP contribution is 2.20. The molecule has 0 amide bonds. The number of aliphatic hydroxyl groups is 1. The second kappa shape index (κ2) is 3.21. The summed E-state index contributed by atoms with van der Waals surface area (Å²) in [5.74, 6) is 0. The van der Waals surface area contributed by atoms with E-state index in [0.29, 0.717) is 4.57 Å². The van der Waals surface area contributed by atoms with Crippen molar-refractivity contribution in [1.82, 2.24) is 14.8 Å². The van der Waals surface area contributed by atoms with Crippen LogP contribution in [0.4, 0.5) is 13.2 Å². The molecular formula is C5H6F3N3O2. The molecule has 0 unspecified atom stereocenters. The number of H-pyrrole nitrogens is 1. The Morgan fingerprint density at radius 3 is 2.69 bits per heavy atom. The summed E-state index contributed by atoms with van der Waals surface area (Å²) in [6.45, 7) is -0.848. The van der Waals surface area contributed by atoms with Crippen LogP contribution in [0.3, 0.4) is 0 Å². The van der Waals surface area contributed by atoms with Gasteiger partial charge in [-0.25, -0.2) is 9.89 Å². The summed E-state index contributed by atoms with van der Waals surface area (Å²) in [5.41, 5.74) is -0.789. The van der Waals surface area contributed by atoms with Crippen LogP contribution >= 0.6 is 0 Å². The normalized spacial score (nSPS) is 14.5. The van der Waals surface area contributed by atoms with Gasteiger partial charge < -0.3 is 5.11 Å². The minimum absolute atomic E-state index is 0.637. The number of hydrogen-bond donors (Lipinski definition) is 2. The Labute approximate surface area is 69.8 Å². The standard InChI is InChI=1S/C5H6F3N3O2/c6-5(7,8)3(12)1-11-2-9-10-4(11)13/h2-3,12H,1H2,(H,10,13)/t3-/m0/s1. The van der Waals surface area contributed by atoms with Crippen molar-refractivity contribution in [3.63, 3.8) is 0 Å². The van der Waals surface area contributed by atoms with Crippen LogP contribution in [-0.4, -0.2) is 32.2 Å². The molecular weight excluding hydrogens is 191 g/mol. The summed E-state index contributed by atoms with van der Waals surface area (Å²) in [6.07, 6.45) is -6.39. The Balaban J connectivity index is 2.71. The first-order chi connectivity index (χ1) is 5.91. The molecule has 0 spiro atoms. The summed E-state index contributed by atoms with van der Waals surface area (Å²) >= 11 is 0. The molecule has 0 saturated carbocycles. The van der Waals surface area contributed by atoms with E-state index in [2.05, 4.69) is 5.10 Å². The van der Waals surface area contributed by atoms with E-state index in [1.807, 2.05) is 5.10 Å². The van der Waals surface area contributed by atoms with Gasteiger partial charge in [0.15, 0.2) is 6.10 Å². The zero-order chi connectivity index (χ0) is 10.1. The van der Waals surface area contributed by atoms with Crippen molar-refractivity contribution in [1.29, 1.82) is 0 Å². The van der Waals surface area contributed by atoms with Crippen LogP contribution in [0.5, 0.6) is 0 Å². The molecule has 1 atom stereocenters. The van der Waals surface area contributed by atoms with E-state index in [4.69, 9.17) is 5.11 Å². The van der Waals surface area contributed by atoms with Gasteiger partial charge in [0.2, 0.25) is 0 Å². The monoisotopic (exact) mass is 197 g/mol. The molecule has 0 radical (unpaired) electrons. The first-order valence-electron chi connectivity index (χ1n) is 3.26. The Kier molecular flexibility index (Phi) is 2.41. The van der Waals surface area contributed by atoms with Gasteiger partial charge in [-0.1, -0.05) is 0 Å². The van der Waals surface area contributed by atoms with Crippen LogP contribution < -0.4 is 5.69 Å². The lowest BCUT2D eigenvalue weighted by Gasteiger charge is -2.13. The number of aromatic amines is 1. The van der Waals surface area contributed by atoms with Crippen LogP contribution in [0.1, 0.15) is 0 Å². The maximum Gasteiger partial charge on any atom is 0.416 e. The van der Waals surface area contributed by atoms with Crippen molar-refractivity contribution >= 4 is 0 Å². The molecule has 5 nitrogen and oxygen atoms in total. The second-order valence-corrected chi connectivity index (χ2v) is 2.37. The molecule has 13 heavy (non-hydrogen) atoms. The number of halogens is 3. The molecule has 0 fully saturated rings. The molecule has 74 valence electrons. The fraction of sp³-hybridized carbons (Fsp3) is 0.600. The SMILES string of the molecule is O=c1[nH]ncn1C[C@H](O)C(F)(F)F. The number of nitrogens with one attached hydrogen (secondary N) is 1. The zero-order valence-electron chi connectivity index (χ0n) is 6.25. The molecule has 1 aromatic rings. The fourth-order valence-corrected chi connectivity index (χ4v) is 0.690. The van der Waals surface area contributed by atoms with Gasteiger partial charge in [0, 0.05) is 0 Å². The number of aliphatic hydroxyl groups excluding tert-OH is 1. The number of nitrogens with zero attached hydrogens (tertiary/aromatic N) is 2. The number of hydrogen-bond acceptors (Lipinski definition) is 3. The smallest absolute Gasteiger partial charge is 0.382 e. The predicted molar refractivity (Wildman–Crippen MR) is 34.9 cm³/mol. The number of alkyl halides is 3. The largest absolute Gasteiger partial charge is 0.416 e. The highest BCUT2D eigenvalue weighted by atomic mass is 19.4. The van der Waals surface area contributed by atoms with Gasteiger partial charge in [-0.15, -0.1) is 0 Å². The molecule has 0 saturated heterocycles. The van der Waals surface area contributed by atoms with Crippen LogP contribution in [0.2, 0.25) is 0 Å². The van der Waals surface area contributed by atoms with E-state index in [0.717, 1.165) is 6.33 Å². The van der Waals surface area contributed by atoms with Crippen LogP contribution in [-0.2, 0) is 6.54 Å². The molecule has 0 aliphatic heterocycles. The molecule has 8 heteroatoms. The summed E-state index contributed by atoms with van der Waals surface area (Å²) in [4.78, 5) is 10.6. The highest BCUT2D eigenvalue weighted by Gasteiger charge is 2.38. The van der Waals surface area contributed by atoms with Gasteiger partial charge in [0.05, 0.1) is 6.54 Å². The van der Waals surface area contributed by atoms with Crippen LogP contribution in [0.15, 0.2) is 11.1 Å². The van der Waals surface area contributed by atoms with E-state index in [1.165, 1.54) is 0 Å². The lowest BCUT2D eigenvalue weighted by atomic mass is 10.3. The third kappa shape index (κ3) is 2.31. The lowest BCUT2D eigenvalue weighted by molar-refractivity contribution is -0.207. The van der Waals surface area contributed by atoms with E-state index in [1.54, 1.807) is 0 Å². The van der Waals surface area contributed by atoms with Crippen molar-refractivity contribution in [3.05, 3.63) is 16.8 Å². The molecule has 0 aliphatic rings. The van der Waals surface area contributed by atoms with Crippen molar-refractivity contribution in [2.24, 2.45) is 0 Å². The van der Waals surface area contributed by atoms with Crippen molar-refractivity contribution in [2.45, 2.75) is 18.8 Å². The van der Waals surface area contributed by atoms with Crippen molar-refractivity contribution in [3.8, 4) is 0 Å². The quantitative estimate of drug-likeness (QED) is 0.671. The summed E-state index contributed by atoms with van der Waals surface area (Å²) in [6, 6.07) is 0. The molecule has 1 rings (SSSR count). The first-order valence-corrected chi connectivity index (χ1v) is 3.26. The van der Waals surface area contributed by atoms with Crippen molar-refractivity contribution < 1.29 is 18.3 Å². The van der Waals surface area contributed by atoms with Gasteiger partial charge >= 0.3 is 11.9 Å². The Hall–Kier alpha value is -1.31. The van der Waals surface area contributed by atoms with E-state index in [9.17, 15) is 18.0 Å². The highest BCUT2D eigenvalue weighted by molar-refractivity contribution is 4.70. The van der Waals surface area contributed by atoms with Crippen molar-refractivity contribution in [2.75, 3.05) is 0 Å². The summed E-state index contributed by atoms with van der Waals surface area (Å²) in [7, 11) is 0. The van der Waals surface area contributed by atoms with Crippen LogP contribution in [0.25, 0.3) is 0 Å². The fourth-order valence-electron chi connectivity index (χ4n) is 0.690. The average molecular weight is 197 g/mol. The van der Waals surface area contributed by atoms with E-state index in [-0.39, 0.29) is 0 Å². The first kappa shape index (κ1) is 9.78. The van der Waals surface area contributed by atoms with Gasteiger partial charge in [0.25, 0.3) is 0 Å². The summed E-state index contributed by atoms with van der Waals surface area (Å²) < 4.78 is 36.0. The van der Waals surface area contributed by atoms with E-state index >= 15 is 0 Å². The third-order valence-electron chi connectivity index (χ3n) is 1.37. The predicted octanol–water partition coefficient (Wildman–Crippen LogP) is -0.505. The third-order valence-corrected chi connectivity index (χ3v) is 1.37.